The zero-order valence-electron chi connectivity index (χ0n) is 12.2. The molecule has 0 aliphatic carbocycles. The lowest BCUT2D eigenvalue weighted by atomic mass is 10.1. The zero-order chi connectivity index (χ0) is 14.7. The number of nitrogens with zero attached hydrogens (tertiary/aromatic N) is 1. The number of aromatic nitrogens is 1. The van der Waals surface area contributed by atoms with E-state index in [1.165, 1.54) is 5.56 Å². The third-order valence-corrected chi connectivity index (χ3v) is 3.25. The third-order valence-electron chi connectivity index (χ3n) is 3.25. The summed E-state index contributed by atoms with van der Waals surface area (Å²) in [4.78, 5) is 4.35. The molecular formula is C18H17NO2. The van der Waals surface area contributed by atoms with E-state index < -0.39 is 0 Å². The van der Waals surface area contributed by atoms with Crippen LogP contribution >= 0.6 is 0 Å². The Morgan fingerprint density at radius 1 is 0.952 bits per heavy atom. The Labute approximate surface area is 124 Å². The van der Waals surface area contributed by atoms with Crippen molar-refractivity contribution in [2.24, 2.45) is 0 Å². The van der Waals surface area contributed by atoms with Gasteiger partial charge in [-0.25, -0.2) is 4.98 Å². The SMILES string of the molecule is CCOc1ccc(-c2cnc(-c3ccc(C)cc3)o2)cc1. The molecule has 0 aliphatic rings. The smallest absolute Gasteiger partial charge is 0.226 e. The van der Waals surface area contributed by atoms with E-state index >= 15 is 0 Å². The second-order valence-electron chi connectivity index (χ2n) is 4.85. The number of aryl methyl sites for hydroxylation is 1. The van der Waals surface area contributed by atoms with Gasteiger partial charge < -0.3 is 9.15 Å². The van der Waals surface area contributed by atoms with Crippen LogP contribution in [0, 0.1) is 6.92 Å². The van der Waals surface area contributed by atoms with Gasteiger partial charge in [0.25, 0.3) is 0 Å². The quantitative estimate of drug-likeness (QED) is 0.693. The van der Waals surface area contributed by atoms with Gasteiger partial charge in [-0.05, 0) is 50.2 Å². The molecular weight excluding hydrogens is 262 g/mol. The molecule has 0 bridgehead atoms. The van der Waals surface area contributed by atoms with Crippen molar-refractivity contribution >= 4 is 0 Å². The first-order valence-electron chi connectivity index (χ1n) is 7.02. The fraction of sp³-hybridized carbons (Fsp3) is 0.167. The van der Waals surface area contributed by atoms with Gasteiger partial charge in [0.05, 0.1) is 12.8 Å². The molecule has 0 radical (unpaired) electrons. The first-order valence-corrected chi connectivity index (χ1v) is 7.02. The van der Waals surface area contributed by atoms with Crippen LogP contribution in [-0.4, -0.2) is 11.6 Å². The summed E-state index contributed by atoms with van der Waals surface area (Å²) in [7, 11) is 0. The van der Waals surface area contributed by atoms with Crippen molar-refractivity contribution in [2.75, 3.05) is 6.61 Å². The maximum absolute atomic E-state index is 5.84. The van der Waals surface area contributed by atoms with E-state index in [0.29, 0.717) is 12.5 Å². The highest BCUT2D eigenvalue weighted by atomic mass is 16.5. The fourth-order valence-electron chi connectivity index (χ4n) is 2.12. The summed E-state index contributed by atoms with van der Waals surface area (Å²) < 4.78 is 11.3. The fourth-order valence-corrected chi connectivity index (χ4v) is 2.12. The standard InChI is InChI=1S/C18H17NO2/c1-3-20-16-10-8-14(9-11-16)17-12-19-18(21-17)15-6-4-13(2)5-7-15/h4-12H,3H2,1-2H3. The molecule has 3 aromatic rings. The van der Waals surface area contributed by atoms with E-state index in [1.807, 2.05) is 43.3 Å². The summed E-state index contributed by atoms with van der Waals surface area (Å²) in [6.45, 7) is 4.70. The molecule has 0 unspecified atom stereocenters. The van der Waals surface area contributed by atoms with E-state index in [9.17, 15) is 0 Å². The molecule has 3 rings (SSSR count). The molecule has 3 heteroatoms. The molecule has 21 heavy (non-hydrogen) atoms. The molecule has 0 saturated heterocycles. The van der Waals surface area contributed by atoms with Crippen LogP contribution in [0.2, 0.25) is 0 Å². The minimum absolute atomic E-state index is 0.638. The summed E-state index contributed by atoms with van der Waals surface area (Å²) in [5.74, 6) is 2.26. The van der Waals surface area contributed by atoms with Crippen LogP contribution in [0.25, 0.3) is 22.8 Å². The molecule has 0 N–H and O–H groups in total. The maximum Gasteiger partial charge on any atom is 0.226 e. The Hall–Kier alpha value is -2.55. The van der Waals surface area contributed by atoms with Crippen LogP contribution in [0.15, 0.2) is 59.1 Å². The number of hydrogen-bond donors (Lipinski definition) is 0. The predicted octanol–water partition coefficient (Wildman–Crippen LogP) is 4.72. The van der Waals surface area contributed by atoms with Crippen LogP contribution in [0.1, 0.15) is 12.5 Å². The molecule has 0 aliphatic heterocycles. The zero-order valence-corrected chi connectivity index (χ0v) is 12.2. The highest BCUT2D eigenvalue weighted by Crippen LogP contribution is 2.27. The Bertz CT molecular complexity index is 712. The molecule has 106 valence electrons. The minimum atomic E-state index is 0.638. The summed E-state index contributed by atoms with van der Waals surface area (Å²) in [6, 6.07) is 16.0. The van der Waals surface area contributed by atoms with Crippen molar-refractivity contribution in [3.8, 4) is 28.5 Å². The van der Waals surface area contributed by atoms with E-state index in [1.54, 1.807) is 6.20 Å². The number of benzene rings is 2. The first kappa shape index (κ1) is 13.4. The summed E-state index contributed by atoms with van der Waals surface area (Å²) in [6.07, 6.45) is 1.75. The first-order chi connectivity index (χ1) is 10.3. The molecule has 0 spiro atoms. The van der Waals surface area contributed by atoms with Crippen LogP contribution in [0.4, 0.5) is 0 Å². The van der Waals surface area contributed by atoms with Crippen LogP contribution in [0.5, 0.6) is 5.75 Å². The van der Waals surface area contributed by atoms with E-state index in [4.69, 9.17) is 9.15 Å². The Balaban J connectivity index is 1.85. The lowest BCUT2D eigenvalue weighted by molar-refractivity contribution is 0.340. The highest BCUT2D eigenvalue weighted by molar-refractivity contribution is 5.61. The van der Waals surface area contributed by atoms with Gasteiger partial charge in [0.1, 0.15) is 5.75 Å². The van der Waals surface area contributed by atoms with Gasteiger partial charge in [-0.3, -0.25) is 0 Å². The summed E-state index contributed by atoms with van der Waals surface area (Å²) >= 11 is 0. The van der Waals surface area contributed by atoms with E-state index in [2.05, 4.69) is 24.0 Å². The molecule has 2 aromatic carbocycles. The van der Waals surface area contributed by atoms with Gasteiger partial charge in [0.2, 0.25) is 5.89 Å². The molecule has 3 nitrogen and oxygen atoms in total. The Morgan fingerprint density at radius 3 is 2.29 bits per heavy atom. The van der Waals surface area contributed by atoms with Crippen molar-refractivity contribution < 1.29 is 9.15 Å². The van der Waals surface area contributed by atoms with Crippen molar-refractivity contribution in [2.45, 2.75) is 13.8 Å². The second kappa shape index (κ2) is 5.83. The molecule has 1 heterocycles. The van der Waals surface area contributed by atoms with Gasteiger partial charge in [-0.15, -0.1) is 0 Å². The van der Waals surface area contributed by atoms with Gasteiger partial charge in [-0.2, -0.15) is 0 Å². The monoisotopic (exact) mass is 279 g/mol. The van der Waals surface area contributed by atoms with Crippen LogP contribution in [0.3, 0.4) is 0 Å². The average molecular weight is 279 g/mol. The Kier molecular flexibility index (Phi) is 3.73. The van der Waals surface area contributed by atoms with E-state index in [-0.39, 0.29) is 0 Å². The summed E-state index contributed by atoms with van der Waals surface area (Å²) in [5, 5.41) is 0. The second-order valence-corrected chi connectivity index (χ2v) is 4.85. The summed E-state index contributed by atoms with van der Waals surface area (Å²) in [5.41, 5.74) is 3.19. The van der Waals surface area contributed by atoms with Gasteiger partial charge in [-0.1, -0.05) is 17.7 Å². The number of hydrogen-bond acceptors (Lipinski definition) is 3. The lowest BCUT2D eigenvalue weighted by Gasteiger charge is -2.03. The van der Waals surface area contributed by atoms with Gasteiger partial charge in [0, 0.05) is 11.1 Å². The normalized spacial score (nSPS) is 10.6. The topological polar surface area (TPSA) is 35.3 Å². The number of ether oxygens (including phenoxy) is 1. The van der Waals surface area contributed by atoms with Crippen LogP contribution in [-0.2, 0) is 0 Å². The predicted molar refractivity (Wildman–Crippen MR) is 83.3 cm³/mol. The Morgan fingerprint density at radius 2 is 1.62 bits per heavy atom. The molecule has 0 atom stereocenters. The molecule has 0 fully saturated rings. The van der Waals surface area contributed by atoms with Gasteiger partial charge >= 0.3 is 0 Å². The van der Waals surface area contributed by atoms with Crippen LogP contribution < -0.4 is 4.74 Å². The van der Waals surface area contributed by atoms with Gasteiger partial charge in [0.15, 0.2) is 5.76 Å². The number of oxazole rings is 1. The largest absolute Gasteiger partial charge is 0.494 e. The van der Waals surface area contributed by atoms with E-state index in [0.717, 1.165) is 22.6 Å². The molecule has 1 aromatic heterocycles. The lowest BCUT2D eigenvalue weighted by Crippen LogP contribution is -1.90. The minimum Gasteiger partial charge on any atom is -0.494 e. The molecule has 0 amide bonds. The highest BCUT2D eigenvalue weighted by Gasteiger charge is 2.08. The third kappa shape index (κ3) is 2.97. The number of rotatable bonds is 4. The van der Waals surface area contributed by atoms with Crippen molar-refractivity contribution in [1.29, 1.82) is 0 Å². The average Bonchev–Trinajstić information content (AvgIpc) is 2.99. The molecule has 0 saturated carbocycles. The van der Waals surface area contributed by atoms with Crippen molar-refractivity contribution in [3.05, 3.63) is 60.3 Å². The maximum atomic E-state index is 5.84. The van der Waals surface area contributed by atoms with Crippen molar-refractivity contribution in [3.63, 3.8) is 0 Å². The van der Waals surface area contributed by atoms with Crippen molar-refractivity contribution in [1.82, 2.24) is 4.98 Å².